The van der Waals surface area contributed by atoms with Crippen molar-refractivity contribution in [3.05, 3.63) is 78.6 Å². The molecule has 0 bridgehead atoms. The molecule has 5 rings (SSSR count). The highest BCUT2D eigenvalue weighted by molar-refractivity contribution is 5.93. The Morgan fingerprint density at radius 3 is 2.71 bits per heavy atom. The standard InChI is InChI=1S/C24H17FN2O4/c25-16-6-8-19-18(10-16)22(12-20(27-19)15-4-2-1-3-5-15)29-13-24(28)26-17-7-9-21-23(11-17)31-14-30-21/h1-12H,13-14H2,(H,26,28). The van der Waals surface area contributed by atoms with E-state index in [-0.39, 0.29) is 19.3 Å². The molecule has 0 unspecified atom stereocenters. The van der Waals surface area contributed by atoms with Crippen LogP contribution in [0.1, 0.15) is 0 Å². The number of aromatic nitrogens is 1. The summed E-state index contributed by atoms with van der Waals surface area (Å²) in [6.45, 7) is -0.0937. The van der Waals surface area contributed by atoms with Gasteiger partial charge in [-0.3, -0.25) is 4.79 Å². The van der Waals surface area contributed by atoms with Crippen LogP contribution in [-0.2, 0) is 4.79 Å². The van der Waals surface area contributed by atoms with Gasteiger partial charge in [0.25, 0.3) is 5.91 Å². The van der Waals surface area contributed by atoms with Crippen LogP contribution >= 0.6 is 0 Å². The summed E-state index contributed by atoms with van der Waals surface area (Å²) in [7, 11) is 0. The maximum atomic E-state index is 13.9. The average molecular weight is 416 g/mol. The van der Waals surface area contributed by atoms with Crippen LogP contribution in [0, 0.1) is 5.82 Å². The minimum atomic E-state index is -0.406. The highest BCUT2D eigenvalue weighted by atomic mass is 19.1. The van der Waals surface area contributed by atoms with Crippen LogP contribution < -0.4 is 19.5 Å². The Balaban J connectivity index is 1.38. The van der Waals surface area contributed by atoms with Crippen LogP contribution in [0.2, 0.25) is 0 Å². The first-order valence-corrected chi connectivity index (χ1v) is 9.64. The number of nitrogens with zero attached hydrogens (tertiary/aromatic N) is 1. The van der Waals surface area contributed by atoms with Crippen LogP contribution in [0.4, 0.5) is 10.1 Å². The Bertz CT molecular complexity index is 1280. The smallest absolute Gasteiger partial charge is 0.262 e. The summed E-state index contributed by atoms with van der Waals surface area (Å²) in [4.78, 5) is 17.0. The quantitative estimate of drug-likeness (QED) is 0.507. The van der Waals surface area contributed by atoms with Gasteiger partial charge in [-0.25, -0.2) is 9.37 Å². The molecule has 6 nitrogen and oxygen atoms in total. The third-order valence-electron chi connectivity index (χ3n) is 4.82. The Morgan fingerprint density at radius 1 is 1.00 bits per heavy atom. The second kappa shape index (κ2) is 7.95. The van der Waals surface area contributed by atoms with Crippen molar-refractivity contribution in [3.63, 3.8) is 0 Å². The fourth-order valence-corrected chi connectivity index (χ4v) is 3.36. The molecule has 2 heterocycles. The fourth-order valence-electron chi connectivity index (χ4n) is 3.36. The molecule has 1 aliphatic heterocycles. The third kappa shape index (κ3) is 3.98. The third-order valence-corrected chi connectivity index (χ3v) is 4.82. The normalized spacial score (nSPS) is 12.0. The predicted octanol–water partition coefficient (Wildman–Crippen LogP) is 4.79. The van der Waals surface area contributed by atoms with Gasteiger partial charge in [0, 0.05) is 28.8 Å². The fraction of sp³-hybridized carbons (Fsp3) is 0.0833. The maximum Gasteiger partial charge on any atom is 0.262 e. The Morgan fingerprint density at radius 2 is 1.84 bits per heavy atom. The molecule has 0 spiro atoms. The van der Waals surface area contributed by atoms with Crippen molar-refractivity contribution in [3.8, 4) is 28.5 Å². The molecule has 31 heavy (non-hydrogen) atoms. The summed E-state index contributed by atoms with van der Waals surface area (Å²) in [5.41, 5.74) is 2.71. The van der Waals surface area contributed by atoms with Crippen molar-refractivity contribution < 1.29 is 23.4 Å². The molecule has 0 aliphatic carbocycles. The zero-order valence-electron chi connectivity index (χ0n) is 16.3. The zero-order chi connectivity index (χ0) is 21.2. The Kier molecular flexibility index (Phi) is 4.84. The van der Waals surface area contributed by atoms with Crippen molar-refractivity contribution in [2.45, 2.75) is 0 Å². The lowest BCUT2D eigenvalue weighted by molar-refractivity contribution is -0.118. The number of halogens is 1. The van der Waals surface area contributed by atoms with Gasteiger partial charge in [-0.2, -0.15) is 0 Å². The molecule has 4 aromatic rings. The number of hydrogen-bond acceptors (Lipinski definition) is 5. The number of amides is 1. The molecule has 7 heteroatoms. The van der Waals surface area contributed by atoms with E-state index in [0.29, 0.717) is 39.5 Å². The van der Waals surface area contributed by atoms with Gasteiger partial charge in [-0.15, -0.1) is 0 Å². The number of benzene rings is 3. The van der Waals surface area contributed by atoms with Crippen LogP contribution in [-0.4, -0.2) is 24.3 Å². The van der Waals surface area contributed by atoms with Crippen molar-refractivity contribution in [1.82, 2.24) is 4.98 Å². The molecule has 0 fully saturated rings. The van der Waals surface area contributed by atoms with Gasteiger partial charge < -0.3 is 19.5 Å². The molecular formula is C24H17FN2O4. The van der Waals surface area contributed by atoms with E-state index >= 15 is 0 Å². The van der Waals surface area contributed by atoms with Crippen LogP contribution in [0.15, 0.2) is 72.8 Å². The molecule has 1 aromatic heterocycles. The lowest BCUT2D eigenvalue weighted by Gasteiger charge is -2.12. The lowest BCUT2D eigenvalue weighted by atomic mass is 10.1. The van der Waals surface area contributed by atoms with Crippen molar-refractivity contribution in [2.75, 3.05) is 18.7 Å². The minimum Gasteiger partial charge on any atom is -0.483 e. The maximum absolute atomic E-state index is 13.9. The van der Waals surface area contributed by atoms with Crippen molar-refractivity contribution in [2.24, 2.45) is 0 Å². The molecule has 0 atom stereocenters. The number of fused-ring (bicyclic) bond motifs is 2. The average Bonchev–Trinajstić information content (AvgIpc) is 3.26. The molecule has 3 aromatic carbocycles. The molecule has 1 amide bonds. The highest BCUT2D eigenvalue weighted by Gasteiger charge is 2.15. The van der Waals surface area contributed by atoms with Gasteiger partial charge in [0.2, 0.25) is 6.79 Å². The lowest BCUT2D eigenvalue weighted by Crippen LogP contribution is -2.20. The highest BCUT2D eigenvalue weighted by Crippen LogP contribution is 2.34. The molecule has 0 radical (unpaired) electrons. The van der Waals surface area contributed by atoms with E-state index in [0.717, 1.165) is 5.56 Å². The van der Waals surface area contributed by atoms with Gasteiger partial charge in [0.15, 0.2) is 18.1 Å². The summed E-state index contributed by atoms with van der Waals surface area (Å²) in [5.74, 6) is 0.817. The number of anilines is 1. The second-order valence-corrected chi connectivity index (χ2v) is 6.94. The first kappa shape index (κ1) is 18.9. The van der Waals surface area contributed by atoms with E-state index in [4.69, 9.17) is 14.2 Å². The summed E-state index contributed by atoms with van der Waals surface area (Å²) in [6.07, 6.45) is 0. The summed E-state index contributed by atoms with van der Waals surface area (Å²) >= 11 is 0. The topological polar surface area (TPSA) is 69.7 Å². The predicted molar refractivity (Wildman–Crippen MR) is 114 cm³/mol. The van der Waals surface area contributed by atoms with Gasteiger partial charge in [-0.1, -0.05) is 30.3 Å². The second-order valence-electron chi connectivity index (χ2n) is 6.94. The van der Waals surface area contributed by atoms with Crippen LogP contribution in [0.5, 0.6) is 17.2 Å². The molecule has 0 saturated heterocycles. The zero-order valence-corrected chi connectivity index (χ0v) is 16.3. The molecule has 154 valence electrons. The SMILES string of the molecule is O=C(COc1cc(-c2ccccc2)nc2ccc(F)cc12)Nc1ccc2c(c1)OCO2. The van der Waals surface area contributed by atoms with E-state index in [9.17, 15) is 9.18 Å². The van der Waals surface area contributed by atoms with Crippen molar-refractivity contribution >= 4 is 22.5 Å². The first-order valence-electron chi connectivity index (χ1n) is 9.64. The number of carbonyl (C=O) groups is 1. The van der Waals surface area contributed by atoms with E-state index in [1.807, 2.05) is 30.3 Å². The Labute approximate surface area is 177 Å². The van der Waals surface area contributed by atoms with Gasteiger partial charge in [0.1, 0.15) is 11.6 Å². The number of pyridine rings is 1. The van der Waals surface area contributed by atoms with E-state index in [1.54, 1.807) is 30.3 Å². The molecule has 0 saturated carbocycles. The van der Waals surface area contributed by atoms with E-state index < -0.39 is 5.82 Å². The van der Waals surface area contributed by atoms with Crippen LogP contribution in [0.25, 0.3) is 22.2 Å². The summed E-state index contributed by atoms with van der Waals surface area (Å²) < 4.78 is 30.2. The minimum absolute atomic E-state index is 0.158. The monoisotopic (exact) mass is 416 g/mol. The van der Waals surface area contributed by atoms with Crippen LogP contribution in [0.3, 0.4) is 0 Å². The van der Waals surface area contributed by atoms with Gasteiger partial charge in [-0.05, 0) is 30.3 Å². The van der Waals surface area contributed by atoms with E-state index in [2.05, 4.69) is 10.3 Å². The Hall–Kier alpha value is -4.13. The number of nitrogens with one attached hydrogen (secondary N) is 1. The largest absolute Gasteiger partial charge is 0.483 e. The molecule has 1 N–H and O–H groups in total. The number of ether oxygens (including phenoxy) is 3. The van der Waals surface area contributed by atoms with Gasteiger partial charge >= 0.3 is 0 Å². The summed E-state index contributed by atoms with van der Waals surface area (Å²) in [5, 5.41) is 3.25. The molecule has 1 aliphatic rings. The first-order chi connectivity index (χ1) is 15.2. The number of carbonyl (C=O) groups excluding carboxylic acids is 1. The molecular weight excluding hydrogens is 399 g/mol. The number of rotatable bonds is 5. The number of hydrogen-bond donors (Lipinski definition) is 1. The summed E-state index contributed by atoms with van der Waals surface area (Å²) in [6, 6.07) is 20.7. The van der Waals surface area contributed by atoms with E-state index in [1.165, 1.54) is 12.1 Å². The van der Waals surface area contributed by atoms with Gasteiger partial charge in [0.05, 0.1) is 11.2 Å². The van der Waals surface area contributed by atoms with Crippen molar-refractivity contribution in [1.29, 1.82) is 0 Å².